The number of nitrogens with one attached hydrogen (secondary N) is 1. The normalized spacial score (nSPS) is 10.8. The van der Waals surface area contributed by atoms with Crippen LogP contribution in [0.25, 0.3) is 0 Å². The molecule has 5 heteroatoms. The standard InChI is InChI=1S/C14H17BrClN3/c1-4-11-14(15)13(19(3)18-11)8-17-12-6-5-9(2)7-10(12)16/h5-7,17H,4,8H2,1-3H3. The van der Waals surface area contributed by atoms with E-state index >= 15 is 0 Å². The fraction of sp³-hybridized carbons (Fsp3) is 0.357. The number of anilines is 1. The van der Waals surface area contributed by atoms with Crippen molar-refractivity contribution in [1.29, 1.82) is 0 Å². The second-order valence-corrected chi connectivity index (χ2v) is 5.72. The number of aryl methyl sites for hydroxylation is 3. The summed E-state index contributed by atoms with van der Waals surface area (Å²) >= 11 is 9.82. The Balaban J connectivity index is 2.16. The summed E-state index contributed by atoms with van der Waals surface area (Å²) in [5.74, 6) is 0. The van der Waals surface area contributed by atoms with Crippen LogP contribution in [0.5, 0.6) is 0 Å². The van der Waals surface area contributed by atoms with E-state index in [4.69, 9.17) is 11.6 Å². The molecule has 0 aliphatic carbocycles. The van der Waals surface area contributed by atoms with E-state index in [2.05, 4.69) is 33.3 Å². The fourth-order valence-corrected chi connectivity index (χ4v) is 3.01. The zero-order valence-electron chi connectivity index (χ0n) is 11.3. The minimum absolute atomic E-state index is 0.687. The Labute approximate surface area is 127 Å². The molecule has 0 bridgehead atoms. The number of rotatable bonds is 4. The lowest BCUT2D eigenvalue weighted by molar-refractivity contribution is 0.706. The summed E-state index contributed by atoms with van der Waals surface area (Å²) < 4.78 is 2.98. The summed E-state index contributed by atoms with van der Waals surface area (Å²) in [6, 6.07) is 6.01. The van der Waals surface area contributed by atoms with Crippen molar-refractivity contribution in [3.05, 3.63) is 44.6 Å². The summed E-state index contributed by atoms with van der Waals surface area (Å²) in [6.45, 7) is 4.81. The molecule has 0 spiro atoms. The van der Waals surface area contributed by atoms with Gasteiger partial charge < -0.3 is 5.32 Å². The first-order valence-electron chi connectivity index (χ1n) is 6.23. The van der Waals surface area contributed by atoms with Gasteiger partial charge in [-0.15, -0.1) is 0 Å². The molecule has 1 heterocycles. The monoisotopic (exact) mass is 341 g/mol. The predicted molar refractivity (Wildman–Crippen MR) is 83.8 cm³/mol. The van der Waals surface area contributed by atoms with Gasteiger partial charge in [-0.05, 0) is 47.0 Å². The van der Waals surface area contributed by atoms with E-state index in [9.17, 15) is 0 Å². The van der Waals surface area contributed by atoms with Gasteiger partial charge in [0.15, 0.2) is 0 Å². The van der Waals surface area contributed by atoms with Crippen molar-refractivity contribution in [2.24, 2.45) is 7.05 Å². The Kier molecular flexibility index (Phi) is 4.53. The van der Waals surface area contributed by atoms with Gasteiger partial charge in [-0.1, -0.05) is 24.6 Å². The number of halogens is 2. The van der Waals surface area contributed by atoms with Gasteiger partial charge in [-0.2, -0.15) is 5.10 Å². The van der Waals surface area contributed by atoms with Gasteiger partial charge in [-0.3, -0.25) is 4.68 Å². The molecule has 3 nitrogen and oxygen atoms in total. The number of benzene rings is 1. The first kappa shape index (κ1) is 14.4. The van der Waals surface area contributed by atoms with Crippen LogP contribution < -0.4 is 5.32 Å². The van der Waals surface area contributed by atoms with Crippen LogP contribution in [0.15, 0.2) is 22.7 Å². The van der Waals surface area contributed by atoms with Crippen LogP contribution in [0.2, 0.25) is 5.02 Å². The average molecular weight is 343 g/mol. The van der Waals surface area contributed by atoms with Crippen molar-refractivity contribution < 1.29 is 0 Å². The lowest BCUT2D eigenvalue weighted by atomic mass is 10.2. The fourth-order valence-electron chi connectivity index (χ4n) is 1.95. The van der Waals surface area contributed by atoms with Gasteiger partial charge in [0.1, 0.15) is 0 Å². The van der Waals surface area contributed by atoms with Crippen molar-refractivity contribution in [2.45, 2.75) is 26.8 Å². The van der Waals surface area contributed by atoms with Crippen molar-refractivity contribution in [3.63, 3.8) is 0 Å². The molecule has 0 aliphatic rings. The summed E-state index contributed by atoms with van der Waals surface area (Å²) in [4.78, 5) is 0. The highest BCUT2D eigenvalue weighted by Gasteiger charge is 2.12. The topological polar surface area (TPSA) is 29.9 Å². The zero-order chi connectivity index (χ0) is 14.0. The Bertz CT molecular complexity index is 593. The van der Waals surface area contributed by atoms with E-state index in [0.29, 0.717) is 6.54 Å². The lowest BCUT2D eigenvalue weighted by Gasteiger charge is -2.09. The van der Waals surface area contributed by atoms with Gasteiger partial charge >= 0.3 is 0 Å². The zero-order valence-corrected chi connectivity index (χ0v) is 13.6. The largest absolute Gasteiger partial charge is 0.378 e. The van der Waals surface area contributed by atoms with Crippen molar-refractivity contribution in [3.8, 4) is 0 Å². The maximum atomic E-state index is 6.21. The Morgan fingerprint density at radius 2 is 2.16 bits per heavy atom. The third-order valence-electron chi connectivity index (χ3n) is 3.07. The van der Waals surface area contributed by atoms with Crippen LogP contribution in [0.3, 0.4) is 0 Å². The van der Waals surface area contributed by atoms with E-state index in [1.165, 1.54) is 0 Å². The van der Waals surface area contributed by atoms with Gasteiger partial charge in [0.2, 0.25) is 0 Å². The van der Waals surface area contributed by atoms with Crippen LogP contribution >= 0.6 is 27.5 Å². The highest BCUT2D eigenvalue weighted by molar-refractivity contribution is 9.10. The molecule has 1 aromatic heterocycles. The van der Waals surface area contributed by atoms with Gasteiger partial charge in [0, 0.05) is 7.05 Å². The van der Waals surface area contributed by atoms with Crippen LogP contribution in [0.4, 0.5) is 5.69 Å². The molecule has 0 saturated carbocycles. The number of nitrogens with zero attached hydrogens (tertiary/aromatic N) is 2. The van der Waals surface area contributed by atoms with E-state index < -0.39 is 0 Å². The van der Waals surface area contributed by atoms with Crippen LogP contribution in [0, 0.1) is 6.92 Å². The quantitative estimate of drug-likeness (QED) is 0.897. The molecule has 2 rings (SSSR count). The first-order chi connectivity index (χ1) is 9.02. The third-order valence-corrected chi connectivity index (χ3v) is 4.30. The Hall–Kier alpha value is -1.000. The smallest absolute Gasteiger partial charge is 0.0767 e. The SMILES string of the molecule is CCc1nn(C)c(CNc2ccc(C)cc2Cl)c1Br. The molecule has 102 valence electrons. The van der Waals surface area contributed by atoms with Crippen molar-refractivity contribution in [1.82, 2.24) is 9.78 Å². The predicted octanol–water partition coefficient (Wildman–Crippen LogP) is 4.32. The average Bonchev–Trinajstić information content (AvgIpc) is 2.64. The molecular formula is C14H17BrClN3. The molecule has 0 aliphatic heterocycles. The van der Waals surface area contributed by atoms with Gasteiger partial charge in [0.05, 0.1) is 33.1 Å². The third kappa shape index (κ3) is 3.12. The summed E-state index contributed by atoms with van der Waals surface area (Å²) in [5, 5.41) is 8.57. The summed E-state index contributed by atoms with van der Waals surface area (Å²) in [5.41, 5.74) is 4.30. The molecule has 0 saturated heterocycles. The second-order valence-electron chi connectivity index (χ2n) is 4.52. The van der Waals surface area contributed by atoms with E-state index in [-0.39, 0.29) is 0 Å². The first-order valence-corrected chi connectivity index (χ1v) is 7.40. The molecule has 1 aromatic carbocycles. The maximum absolute atomic E-state index is 6.21. The van der Waals surface area contributed by atoms with Gasteiger partial charge in [-0.25, -0.2) is 0 Å². The molecule has 0 atom stereocenters. The Morgan fingerprint density at radius 3 is 2.74 bits per heavy atom. The molecule has 1 N–H and O–H groups in total. The molecular weight excluding hydrogens is 326 g/mol. The number of hydrogen-bond acceptors (Lipinski definition) is 2. The van der Waals surface area contributed by atoms with Crippen LogP contribution in [-0.2, 0) is 20.0 Å². The second kappa shape index (κ2) is 5.97. The highest BCUT2D eigenvalue weighted by Crippen LogP contribution is 2.26. The molecule has 0 amide bonds. The van der Waals surface area contributed by atoms with E-state index in [1.807, 2.05) is 36.9 Å². The molecule has 0 unspecified atom stereocenters. The minimum atomic E-state index is 0.687. The van der Waals surface area contributed by atoms with Crippen molar-refractivity contribution >= 4 is 33.2 Å². The Morgan fingerprint density at radius 1 is 1.42 bits per heavy atom. The van der Waals surface area contributed by atoms with Gasteiger partial charge in [0.25, 0.3) is 0 Å². The van der Waals surface area contributed by atoms with E-state index in [0.717, 1.165) is 38.6 Å². The molecule has 0 fully saturated rings. The van der Waals surface area contributed by atoms with Crippen LogP contribution in [0.1, 0.15) is 23.9 Å². The van der Waals surface area contributed by atoms with E-state index in [1.54, 1.807) is 0 Å². The van der Waals surface area contributed by atoms with Crippen molar-refractivity contribution in [2.75, 3.05) is 5.32 Å². The highest BCUT2D eigenvalue weighted by atomic mass is 79.9. The number of hydrogen-bond donors (Lipinski definition) is 1. The minimum Gasteiger partial charge on any atom is -0.378 e. The lowest BCUT2D eigenvalue weighted by Crippen LogP contribution is -2.06. The summed E-state index contributed by atoms with van der Waals surface area (Å²) in [7, 11) is 1.96. The molecule has 19 heavy (non-hydrogen) atoms. The number of aromatic nitrogens is 2. The summed E-state index contributed by atoms with van der Waals surface area (Å²) in [6.07, 6.45) is 0.916. The maximum Gasteiger partial charge on any atom is 0.0767 e. The molecule has 0 radical (unpaired) electrons. The molecule has 2 aromatic rings. The van der Waals surface area contributed by atoms with Crippen LogP contribution in [-0.4, -0.2) is 9.78 Å².